The van der Waals surface area contributed by atoms with Crippen LogP contribution in [0.3, 0.4) is 0 Å². The van der Waals surface area contributed by atoms with Gasteiger partial charge in [0.25, 0.3) is 0 Å². The van der Waals surface area contributed by atoms with Crippen LogP contribution < -0.4 is 5.32 Å². The third kappa shape index (κ3) is 2.84. The maximum Gasteiger partial charge on any atom is 0.335 e. The van der Waals surface area contributed by atoms with Gasteiger partial charge in [-0.15, -0.1) is 0 Å². The largest absolute Gasteiger partial charge is 0.478 e. The zero-order valence-electron chi connectivity index (χ0n) is 9.64. The number of hydrogen-bond acceptors (Lipinski definition) is 2. The van der Waals surface area contributed by atoms with Crippen LogP contribution >= 0.6 is 0 Å². The summed E-state index contributed by atoms with van der Waals surface area (Å²) in [6, 6.07) is 6.53. The zero-order chi connectivity index (χ0) is 12.4. The van der Waals surface area contributed by atoms with E-state index in [4.69, 9.17) is 5.11 Å². The molecule has 0 bridgehead atoms. The lowest BCUT2D eigenvalue weighted by Crippen LogP contribution is -2.24. The molecule has 0 unspecified atom stereocenters. The van der Waals surface area contributed by atoms with Crippen molar-refractivity contribution in [1.82, 2.24) is 5.32 Å². The van der Waals surface area contributed by atoms with Crippen LogP contribution in [-0.4, -0.2) is 17.0 Å². The second-order valence-electron chi connectivity index (χ2n) is 4.54. The van der Waals surface area contributed by atoms with E-state index in [1.807, 2.05) is 0 Å². The van der Waals surface area contributed by atoms with Gasteiger partial charge in [-0.25, -0.2) is 4.79 Å². The standard InChI is InChI=1S/C13H15NO3/c1-8-6-11(8)12(15)14-7-9-2-4-10(5-3-9)13(16)17/h2-5,8,11H,6-7H2,1H3,(H,14,15)(H,16,17)/t8-,11-/m1/s1. The smallest absolute Gasteiger partial charge is 0.335 e. The molecule has 1 aromatic rings. The van der Waals surface area contributed by atoms with E-state index >= 15 is 0 Å². The van der Waals surface area contributed by atoms with Gasteiger partial charge in [0.15, 0.2) is 0 Å². The monoisotopic (exact) mass is 233 g/mol. The van der Waals surface area contributed by atoms with Crippen LogP contribution in [0, 0.1) is 11.8 Å². The number of nitrogens with one attached hydrogen (secondary N) is 1. The highest BCUT2D eigenvalue weighted by Crippen LogP contribution is 2.37. The van der Waals surface area contributed by atoms with Gasteiger partial charge in [0.2, 0.25) is 5.91 Å². The Morgan fingerprint density at radius 2 is 1.94 bits per heavy atom. The molecule has 4 heteroatoms. The van der Waals surface area contributed by atoms with Crippen LogP contribution in [0.25, 0.3) is 0 Å². The number of amides is 1. The van der Waals surface area contributed by atoms with Gasteiger partial charge >= 0.3 is 5.97 Å². The van der Waals surface area contributed by atoms with Crippen LogP contribution in [0.2, 0.25) is 0 Å². The van der Waals surface area contributed by atoms with Crippen molar-refractivity contribution in [3.05, 3.63) is 35.4 Å². The van der Waals surface area contributed by atoms with Crippen LogP contribution in [0.15, 0.2) is 24.3 Å². The summed E-state index contributed by atoms with van der Waals surface area (Å²) in [6.45, 7) is 2.52. The van der Waals surface area contributed by atoms with E-state index in [0.29, 0.717) is 12.5 Å². The molecule has 1 saturated carbocycles. The normalized spacial score (nSPS) is 21.9. The number of carboxylic acids is 1. The maximum atomic E-state index is 11.6. The third-order valence-electron chi connectivity index (χ3n) is 3.11. The molecule has 1 amide bonds. The molecule has 1 aliphatic carbocycles. The fourth-order valence-electron chi connectivity index (χ4n) is 1.77. The predicted molar refractivity (Wildman–Crippen MR) is 62.5 cm³/mol. The lowest BCUT2D eigenvalue weighted by Gasteiger charge is -2.04. The first-order chi connectivity index (χ1) is 8.08. The summed E-state index contributed by atoms with van der Waals surface area (Å²) in [7, 11) is 0. The molecular weight excluding hydrogens is 218 g/mol. The van der Waals surface area contributed by atoms with Crippen LogP contribution in [0.1, 0.15) is 29.3 Å². The van der Waals surface area contributed by atoms with E-state index in [2.05, 4.69) is 12.2 Å². The molecule has 4 nitrogen and oxygen atoms in total. The number of carbonyl (C=O) groups is 2. The summed E-state index contributed by atoms with van der Waals surface area (Å²) in [5, 5.41) is 11.6. The maximum absolute atomic E-state index is 11.6. The van der Waals surface area contributed by atoms with E-state index in [0.717, 1.165) is 12.0 Å². The molecule has 0 aromatic heterocycles. The van der Waals surface area contributed by atoms with E-state index in [-0.39, 0.29) is 17.4 Å². The van der Waals surface area contributed by atoms with Gasteiger partial charge in [-0.3, -0.25) is 4.79 Å². The molecule has 0 radical (unpaired) electrons. The average Bonchev–Trinajstić information content (AvgIpc) is 3.04. The molecule has 0 aliphatic heterocycles. The lowest BCUT2D eigenvalue weighted by molar-refractivity contribution is -0.122. The Morgan fingerprint density at radius 3 is 2.41 bits per heavy atom. The van der Waals surface area contributed by atoms with E-state index in [1.54, 1.807) is 24.3 Å². The highest BCUT2D eigenvalue weighted by molar-refractivity contribution is 5.87. The summed E-state index contributed by atoms with van der Waals surface area (Å²) in [5.74, 6) is -0.162. The molecule has 1 aliphatic rings. The molecule has 17 heavy (non-hydrogen) atoms. The summed E-state index contributed by atoms with van der Waals surface area (Å²) in [4.78, 5) is 22.2. The van der Waals surface area contributed by atoms with Gasteiger partial charge in [0.05, 0.1) is 5.56 Å². The third-order valence-corrected chi connectivity index (χ3v) is 3.11. The van der Waals surface area contributed by atoms with Crippen LogP contribution in [0.4, 0.5) is 0 Å². The van der Waals surface area contributed by atoms with Crippen molar-refractivity contribution in [2.45, 2.75) is 19.9 Å². The Labute approximate surface area is 99.6 Å². The minimum absolute atomic E-state index is 0.0970. The van der Waals surface area contributed by atoms with Crippen LogP contribution in [-0.2, 0) is 11.3 Å². The summed E-state index contributed by atoms with van der Waals surface area (Å²) in [5.41, 5.74) is 1.17. The van der Waals surface area contributed by atoms with Crippen molar-refractivity contribution in [1.29, 1.82) is 0 Å². The minimum atomic E-state index is -0.938. The van der Waals surface area contributed by atoms with Crippen molar-refractivity contribution >= 4 is 11.9 Å². The van der Waals surface area contributed by atoms with Crippen molar-refractivity contribution in [2.24, 2.45) is 11.8 Å². The number of benzene rings is 1. The molecule has 90 valence electrons. The number of carbonyl (C=O) groups excluding carboxylic acids is 1. The molecule has 0 heterocycles. The number of aromatic carboxylic acids is 1. The van der Waals surface area contributed by atoms with Gasteiger partial charge in [-0.2, -0.15) is 0 Å². The summed E-state index contributed by atoms with van der Waals surface area (Å²) in [6.07, 6.45) is 0.976. The Kier molecular flexibility index (Phi) is 3.13. The highest BCUT2D eigenvalue weighted by atomic mass is 16.4. The van der Waals surface area contributed by atoms with Crippen molar-refractivity contribution in [3.63, 3.8) is 0 Å². The van der Waals surface area contributed by atoms with Gasteiger partial charge in [-0.1, -0.05) is 19.1 Å². The van der Waals surface area contributed by atoms with E-state index < -0.39 is 5.97 Å². The molecule has 1 fully saturated rings. The highest BCUT2D eigenvalue weighted by Gasteiger charge is 2.38. The number of carboxylic acid groups (broad SMARTS) is 1. The fraction of sp³-hybridized carbons (Fsp3) is 0.385. The SMILES string of the molecule is C[C@@H]1C[C@H]1C(=O)NCc1ccc(C(=O)O)cc1. The van der Waals surface area contributed by atoms with Crippen molar-refractivity contribution in [2.75, 3.05) is 0 Å². The molecule has 2 atom stereocenters. The van der Waals surface area contributed by atoms with Crippen molar-refractivity contribution < 1.29 is 14.7 Å². The topological polar surface area (TPSA) is 66.4 Å². The van der Waals surface area contributed by atoms with Crippen molar-refractivity contribution in [3.8, 4) is 0 Å². The van der Waals surface area contributed by atoms with Gasteiger partial charge in [-0.05, 0) is 30.0 Å². The number of rotatable bonds is 4. The second kappa shape index (κ2) is 4.57. The Bertz CT molecular complexity index is 438. The Balaban J connectivity index is 1.86. The first-order valence-corrected chi connectivity index (χ1v) is 5.68. The zero-order valence-corrected chi connectivity index (χ0v) is 9.64. The van der Waals surface area contributed by atoms with Crippen LogP contribution in [0.5, 0.6) is 0 Å². The molecule has 0 spiro atoms. The average molecular weight is 233 g/mol. The van der Waals surface area contributed by atoms with Gasteiger partial charge < -0.3 is 10.4 Å². The molecule has 1 aromatic carbocycles. The first kappa shape index (κ1) is 11.6. The molecule has 0 saturated heterocycles. The van der Waals surface area contributed by atoms with Gasteiger partial charge in [0, 0.05) is 12.5 Å². The molecule has 2 rings (SSSR count). The quantitative estimate of drug-likeness (QED) is 0.831. The summed E-state index contributed by atoms with van der Waals surface area (Å²) < 4.78 is 0. The molecule has 2 N–H and O–H groups in total. The second-order valence-corrected chi connectivity index (χ2v) is 4.54. The lowest BCUT2D eigenvalue weighted by atomic mass is 10.1. The van der Waals surface area contributed by atoms with E-state index in [1.165, 1.54) is 0 Å². The molecular formula is C13H15NO3. The summed E-state index contributed by atoms with van der Waals surface area (Å²) >= 11 is 0. The fourth-order valence-corrected chi connectivity index (χ4v) is 1.77. The van der Waals surface area contributed by atoms with Gasteiger partial charge in [0.1, 0.15) is 0 Å². The Hall–Kier alpha value is -1.84. The van der Waals surface area contributed by atoms with E-state index in [9.17, 15) is 9.59 Å². The predicted octanol–water partition coefficient (Wildman–Crippen LogP) is 1.66. The first-order valence-electron chi connectivity index (χ1n) is 5.68. The Morgan fingerprint density at radius 1 is 1.35 bits per heavy atom. The minimum Gasteiger partial charge on any atom is -0.478 e. The number of hydrogen-bond donors (Lipinski definition) is 2.